The van der Waals surface area contributed by atoms with Gasteiger partial charge in [-0.05, 0) is 29.9 Å². The number of hydrogen-bond acceptors (Lipinski definition) is 3. The number of amides is 1. The van der Waals surface area contributed by atoms with E-state index in [0.717, 1.165) is 29.2 Å². The number of rotatable bonds is 10. The Morgan fingerprint density at radius 3 is 2.35 bits per heavy atom. The summed E-state index contributed by atoms with van der Waals surface area (Å²) in [4.78, 5) is 25.4. The molecule has 0 saturated heterocycles. The molecule has 0 radical (unpaired) electrons. The lowest BCUT2D eigenvalue weighted by Gasteiger charge is -2.30. The number of carbonyl (C=O) groups excluding carboxylic acids is 1. The van der Waals surface area contributed by atoms with Crippen LogP contribution in [0.15, 0.2) is 66.7 Å². The fourth-order valence-electron chi connectivity index (χ4n) is 3.71. The standard InChI is InChI=1S/C26H29NO4/c1-3-5-17-26(4-2,25(29)30)27-24(28)22-16-15-20-13-9-10-14-21(20)23(22)31-18-19-11-7-6-8-12-19/h6-16H,3-5,17-18H2,1-2H3,(H,27,28)(H,29,30). The molecule has 0 saturated carbocycles. The number of fused-ring (bicyclic) bond motifs is 1. The minimum atomic E-state index is -1.30. The number of unbranched alkanes of at least 4 members (excludes halogenated alkanes) is 1. The quantitative estimate of drug-likeness (QED) is 0.450. The van der Waals surface area contributed by atoms with Crippen LogP contribution in [0.1, 0.15) is 55.5 Å². The lowest BCUT2D eigenvalue weighted by Crippen LogP contribution is -2.54. The molecule has 0 aliphatic heterocycles. The minimum absolute atomic E-state index is 0.307. The zero-order chi connectivity index (χ0) is 22.3. The first-order chi connectivity index (χ1) is 15.0. The monoisotopic (exact) mass is 419 g/mol. The minimum Gasteiger partial charge on any atom is -0.487 e. The molecule has 3 rings (SSSR count). The number of aliphatic carboxylic acids is 1. The van der Waals surface area contributed by atoms with E-state index in [2.05, 4.69) is 5.32 Å². The van der Waals surface area contributed by atoms with E-state index in [-0.39, 0.29) is 0 Å². The lowest BCUT2D eigenvalue weighted by molar-refractivity contribution is -0.145. The second kappa shape index (κ2) is 10.1. The highest BCUT2D eigenvalue weighted by Gasteiger charge is 2.38. The molecular formula is C26H29NO4. The lowest BCUT2D eigenvalue weighted by atomic mass is 9.89. The second-order valence-corrected chi connectivity index (χ2v) is 7.74. The fraction of sp³-hybridized carbons (Fsp3) is 0.308. The summed E-state index contributed by atoms with van der Waals surface area (Å²) in [5.74, 6) is -0.983. The zero-order valence-electron chi connectivity index (χ0n) is 18.1. The van der Waals surface area contributed by atoms with E-state index >= 15 is 0 Å². The van der Waals surface area contributed by atoms with Crippen molar-refractivity contribution in [2.75, 3.05) is 0 Å². The molecule has 3 aromatic carbocycles. The first-order valence-electron chi connectivity index (χ1n) is 10.7. The van der Waals surface area contributed by atoms with Crippen molar-refractivity contribution in [3.8, 4) is 5.75 Å². The van der Waals surface area contributed by atoms with Gasteiger partial charge in [-0.3, -0.25) is 4.79 Å². The van der Waals surface area contributed by atoms with Gasteiger partial charge in [-0.15, -0.1) is 0 Å². The smallest absolute Gasteiger partial charge is 0.329 e. The van der Waals surface area contributed by atoms with Crippen molar-refractivity contribution in [1.29, 1.82) is 0 Å². The van der Waals surface area contributed by atoms with Crippen molar-refractivity contribution in [2.45, 2.75) is 51.7 Å². The van der Waals surface area contributed by atoms with Crippen molar-refractivity contribution in [2.24, 2.45) is 0 Å². The van der Waals surface area contributed by atoms with Crippen LogP contribution in [0.2, 0.25) is 0 Å². The Labute approximate surface area is 183 Å². The largest absolute Gasteiger partial charge is 0.487 e. The predicted octanol–water partition coefficient (Wildman–Crippen LogP) is 5.57. The molecule has 1 unspecified atom stereocenters. The van der Waals surface area contributed by atoms with Crippen molar-refractivity contribution in [1.82, 2.24) is 5.32 Å². The number of benzene rings is 3. The molecule has 0 spiro atoms. The molecule has 162 valence electrons. The van der Waals surface area contributed by atoms with Crippen molar-refractivity contribution < 1.29 is 19.4 Å². The van der Waals surface area contributed by atoms with Gasteiger partial charge >= 0.3 is 5.97 Å². The van der Waals surface area contributed by atoms with Crippen LogP contribution < -0.4 is 10.1 Å². The molecule has 1 amide bonds. The molecular weight excluding hydrogens is 390 g/mol. The molecule has 1 atom stereocenters. The third-order valence-electron chi connectivity index (χ3n) is 5.67. The summed E-state index contributed by atoms with van der Waals surface area (Å²) in [6.45, 7) is 4.10. The molecule has 0 aliphatic carbocycles. The van der Waals surface area contributed by atoms with Gasteiger partial charge in [-0.25, -0.2) is 4.79 Å². The van der Waals surface area contributed by atoms with E-state index in [4.69, 9.17) is 4.74 Å². The molecule has 5 heteroatoms. The molecule has 0 aromatic heterocycles. The van der Waals surface area contributed by atoms with Crippen LogP contribution in [0.5, 0.6) is 5.75 Å². The SMILES string of the molecule is CCCCC(CC)(NC(=O)c1ccc2ccccc2c1OCc1ccccc1)C(=O)O. The van der Waals surface area contributed by atoms with E-state index < -0.39 is 17.4 Å². The molecule has 0 bridgehead atoms. The molecule has 5 nitrogen and oxygen atoms in total. The second-order valence-electron chi connectivity index (χ2n) is 7.74. The van der Waals surface area contributed by atoms with Crippen LogP contribution in [-0.2, 0) is 11.4 Å². The number of carboxylic acids is 1. The molecule has 0 heterocycles. The Kier molecular flexibility index (Phi) is 7.29. The maximum Gasteiger partial charge on any atom is 0.329 e. The average Bonchev–Trinajstić information content (AvgIpc) is 2.80. The Bertz CT molecular complexity index is 1050. The van der Waals surface area contributed by atoms with E-state index in [1.54, 1.807) is 13.0 Å². The van der Waals surface area contributed by atoms with Gasteiger partial charge in [0, 0.05) is 5.39 Å². The summed E-state index contributed by atoms with van der Waals surface area (Å²) in [7, 11) is 0. The highest BCUT2D eigenvalue weighted by atomic mass is 16.5. The van der Waals surface area contributed by atoms with Crippen LogP contribution in [0, 0.1) is 0 Å². The third-order valence-corrected chi connectivity index (χ3v) is 5.67. The molecule has 31 heavy (non-hydrogen) atoms. The topological polar surface area (TPSA) is 75.6 Å². The number of hydrogen-bond donors (Lipinski definition) is 2. The molecule has 2 N–H and O–H groups in total. The van der Waals surface area contributed by atoms with Crippen LogP contribution in [0.3, 0.4) is 0 Å². The Balaban J connectivity index is 1.98. The third kappa shape index (κ3) is 5.05. The summed E-state index contributed by atoms with van der Waals surface area (Å²) >= 11 is 0. The van der Waals surface area contributed by atoms with Crippen LogP contribution in [0.4, 0.5) is 0 Å². The maximum atomic E-state index is 13.3. The van der Waals surface area contributed by atoms with E-state index in [9.17, 15) is 14.7 Å². The van der Waals surface area contributed by atoms with E-state index in [1.807, 2.05) is 67.6 Å². The highest BCUT2D eigenvalue weighted by Crippen LogP contribution is 2.32. The molecule has 0 aliphatic rings. The van der Waals surface area contributed by atoms with Crippen molar-refractivity contribution in [3.63, 3.8) is 0 Å². The zero-order valence-corrected chi connectivity index (χ0v) is 18.1. The highest BCUT2D eigenvalue weighted by molar-refractivity contribution is 6.05. The van der Waals surface area contributed by atoms with Crippen molar-refractivity contribution in [3.05, 3.63) is 77.9 Å². The number of carboxylic acid groups (broad SMARTS) is 1. The van der Waals surface area contributed by atoms with Gasteiger partial charge in [0.2, 0.25) is 0 Å². The summed E-state index contributed by atoms with van der Waals surface area (Å²) in [6.07, 6.45) is 2.26. The average molecular weight is 420 g/mol. The fourth-order valence-corrected chi connectivity index (χ4v) is 3.71. The predicted molar refractivity (Wildman–Crippen MR) is 122 cm³/mol. The van der Waals surface area contributed by atoms with Crippen LogP contribution in [0.25, 0.3) is 10.8 Å². The molecule has 0 fully saturated rings. The molecule has 3 aromatic rings. The van der Waals surface area contributed by atoms with Gasteiger partial charge in [0.25, 0.3) is 5.91 Å². The number of carbonyl (C=O) groups is 2. The number of ether oxygens (including phenoxy) is 1. The number of nitrogens with one attached hydrogen (secondary N) is 1. The normalized spacial score (nSPS) is 12.8. The maximum absolute atomic E-state index is 13.3. The van der Waals surface area contributed by atoms with Gasteiger partial charge in [-0.2, -0.15) is 0 Å². The summed E-state index contributed by atoms with van der Waals surface area (Å²) in [6, 6.07) is 21.0. The first kappa shape index (κ1) is 22.3. The Morgan fingerprint density at radius 1 is 0.968 bits per heavy atom. The van der Waals surface area contributed by atoms with Gasteiger partial charge < -0.3 is 15.2 Å². The van der Waals surface area contributed by atoms with Gasteiger partial charge in [-0.1, -0.05) is 87.4 Å². The van der Waals surface area contributed by atoms with Gasteiger partial charge in [0.15, 0.2) is 0 Å². The summed E-state index contributed by atoms with van der Waals surface area (Å²) < 4.78 is 6.14. The summed E-state index contributed by atoms with van der Waals surface area (Å²) in [5.41, 5.74) is 0.0264. The van der Waals surface area contributed by atoms with Gasteiger partial charge in [0.05, 0.1) is 5.56 Å². The van der Waals surface area contributed by atoms with Crippen LogP contribution in [-0.4, -0.2) is 22.5 Å². The van der Waals surface area contributed by atoms with Crippen LogP contribution >= 0.6 is 0 Å². The first-order valence-corrected chi connectivity index (χ1v) is 10.7. The summed E-state index contributed by atoms with van der Waals surface area (Å²) in [5, 5.41) is 14.5. The van der Waals surface area contributed by atoms with E-state index in [1.165, 1.54) is 0 Å². The Hall–Kier alpha value is -3.34. The van der Waals surface area contributed by atoms with Gasteiger partial charge in [0.1, 0.15) is 17.9 Å². The Morgan fingerprint density at radius 2 is 1.68 bits per heavy atom. The van der Waals surface area contributed by atoms with Crippen molar-refractivity contribution >= 4 is 22.6 Å². The van der Waals surface area contributed by atoms with E-state index in [0.29, 0.717) is 30.8 Å².